The van der Waals surface area contributed by atoms with Crippen molar-refractivity contribution in [1.29, 1.82) is 0 Å². The summed E-state index contributed by atoms with van der Waals surface area (Å²) in [6, 6.07) is 21.5. The molecule has 1 aliphatic rings. The van der Waals surface area contributed by atoms with Gasteiger partial charge in [-0.15, -0.1) is 0 Å². The Hall–Kier alpha value is -3.55. The van der Waals surface area contributed by atoms with E-state index in [4.69, 9.17) is 27.9 Å². The van der Waals surface area contributed by atoms with E-state index < -0.39 is 0 Å². The number of carbonyl (C=O) groups excluding carboxylic acids is 1. The number of hydrogen-bond acceptors (Lipinski definition) is 5. The summed E-state index contributed by atoms with van der Waals surface area (Å²) in [6.07, 6.45) is 1.96. The summed E-state index contributed by atoms with van der Waals surface area (Å²) in [5.74, 6) is 1.56. The lowest BCUT2D eigenvalue weighted by Gasteiger charge is -2.36. The molecule has 0 atom stereocenters. The maximum Gasteiger partial charge on any atom is 0.227 e. The van der Waals surface area contributed by atoms with Gasteiger partial charge in [0.05, 0.1) is 20.1 Å². The first-order chi connectivity index (χ1) is 18.0. The topological polar surface area (TPSA) is 63.5 Å². The molecule has 0 saturated carbocycles. The van der Waals surface area contributed by atoms with Gasteiger partial charge < -0.3 is 14.5 Å². The number of benzene rings is 3. The van der Waals surface area contributed by atoms with Crippen LogP contribution in [0.2, 0.25) is 10.0 Å². The van der Waals surface area contributed by atoms with E-state index in [1.807, 2.05) is 46.0 Å². The summed E-state index contributed by atoms with van der Waals surface area (Å²) in [5.41, 5.74) is 3.89. The minimum absolute atomic E-state index is 0.0429. The van der Waals surface area contributed by atoms with Gasteiger partial charge in [-0.1, -0.05) is 41.4 Å². The Morgan fingerprint density at radius 2 is 1.59 bits per heavy atom. The van der Waals surface area contributed by atoms with Gasteiger partial charge in [-0.2, -0.15) is 5.10 Å². The van der Waals surface area contributed by atoms with Crippen molar-refractivity contribution in [2.24, 2.45) is 0 Å². The van der Waals surface area contributed by atoms with Crippen molar-refractivity contribution in [2.45, 2.75) is 13.0 Å². The van der Waals surface area contributed by atoms with E-state index in [0.717, 1.165) is 35.7 Å². The van der Waals surface area contributed by atoms with E-state index in [0.29, 0.717) is 41.1 Å². The van der Waals surface area contributed by atoms with Gasteiger partial charge in [0.15, 0.2) is 5.82 Å². The van der Waals surface area contributed by atoms with Crippen molar-refractivity contribution >= 4 is 34.8 Å². The van der Waals surface area contributed by atoms with Crippen LogP contribution in [0.15, 0.2) is 73.1 Å². The van der Waals surface area contributed by atoms with Crippen molar-refractivity contribution in [2.75, 3.05) is 38.2 Å². The summed E-state index contributed by atoms with van der Waals surface area (Å²) in [4.78, 5) is 21.5. The molecule has 2 heterocycles. The van der Waals surface area contributed by atoms with Crippen LogP contribution < -0.4 is 9.64 Å². The van der Waals surface area contributed by atoms with Crippen LogP contribution in [0.1, 0.15) is 11.1 Å². The number of hydrogen-bond donors (Lipinski definition) is 0. The highest BCUT2D eigenvalue weighted by atomic mass is 35.5. The highest BCUT2D eigenvalue weighted by molar-refractivity contribution is 6.36. The fourth-order valence-electron chi connectivity index (χ4n) is 4.42. The van der Waals surface area contributed by atoms with Crippen LogP contribution >= 0.6 is 23.2 Å². The van der Waals surface area contributed by atoms with E-state index in [1.54, 1.807) is 31.6 Å². The lowest BCUT2D eigenvalue weighted by molar-refractivity contribution is -0.130. The van der Waals surface area contributed by atoms with Gasteiger partial charge in [0.1, 0.15) is 12.1 Å². The van der Waals surface area contributed by atoms with Crippen LogP contribution in [-0.2, 0) is 17.8 Å². The Kier molecular flexibility index (Phi) is 7.63. The van der Waals surface area contributed by atoms with E-state index >= 15 is 0 Å². The number of halogens is 2. The second-order valence-electron chi connectivity index (χ2n) is 8.91. The first kappa shape index (κ1) is 25.1. The van der Waals surface area contributed by atoms with Crippen LogP contribution in [-0.4, -0.2) is 58.9 Å². The molecule has 0 N–H and O–H groups in total. The monoisotopic (exact) mass is 535 g/mol. The summed E-state index contributed by atoms with van der Waals surface area (Å²) < 4.78 is 7.05. The standard InChI is InChI=1S/C28H27Cl2N5O2/c1-37-23-11-5-20(6-12-23)18-35-19-31-28(32-35)21-7-9-22(10-8-21)33-13-15-34(16-14-33)27(36)17-24-25(29)3-2-4-26(24)30/h2-12,19H,13-18H2,1H3. The number of anilines is 1. The van der Waals surface area contributed by atoms with E-state index in [-0.39, 0.29) is 12.3 Å². The zero-order valence-corrected chi connectivity index (χ0v) is 22.0. The third-order valence-corrected chi connectivity index (χ3v) is 7.26. The molecular formula is C28H27Cl2N5O2. The molecule has 190 valence electrons. The first-order valence-electron chi connectivity index (χ1n) is 12.1. The van der Waals surface area contributed by atoms with Gasteiger partial charge in [0, 0.05) is 47.5 Å². The van der Waals surface area contributed by atoms with Gasteiger partial charge >= 0.3 is 0 Å². The van der Waals surface area contributed by atoms with Crippen molar-refractivity contribution in [3.8, 4) is 17.1 Å². The molecule has 1 fully saturated rings. The first-order valence-corrected chi connectivity index (χ1v) is 12.8. The Morgan fingerprint density at radius 1 is 0.919 bits per heavy atom. The summed E-state index contributed by atoms with van der Waals surface area (Å²) in [6.45, 7) is 3.47. The lowest BCUT2D eigenvalue weighted by atomic mass is 10.1. The molecule has 5 rings (SSSR count). The summed E-state index contributed by atoms with van der Waals surface area (Å²) in [5, 5.41) is 5.69. The van der Waals surface area contributed by atoms with E-state index in [9.17, 15) is 4.79 Å². The number of methoxy groups -OCH3 is 1. The predicted octanol–water partition coefficient (Wildman–Crippen LogP) is 5.20. The molecule has 9 heteroatoms. The molecule has 0 unspecified atom stereocenters. The normalized spacial score (nSPS) is 13.6. The summed E-state index contributed by atoms with van der Waals surface area (Å²) in [7, 11) is 1.66. The minimum atomic E-state index is 0.0429. The largest absolute Gasteiger partial charge is 0.497 e. The molecule has 4 aromatic rings. The third kappa shape index (κ3) is 5.89. The molecule has 1 aliphatic heterocycles. The average molecular weight is 536 g/mol. The van der Waals surface area contributed by atoms with Crippen LogP contribution in [0.25, 0.3) is 11.4 Å². The number of nitrogens with zero attached hydrogens (tertiary/aromatic N) is 5. The van der Waals surface area contributed by atoms with Gasteiger partial charge in [-0.05, 0) is 59.7 Å². The number of piperazine rings is 1. The molecule has 0 radical (unpaired) electrons. The quantitative estimate of drug-likeness (QED) is 0.325. The third-order valence-electron chi connectivity index (χ3n) is 6.55. The maximum atomic E-state index is 12.8. The average Bonchev–Trinajstić information content (AvgIpc) is 3.40. The second-order valence-corrected chi connectivity index (χ2v) is 9.72. The summed E-state index contributed by atoms with van der Waals surface area (Å²) >= 11 is 12.5. The minimum Gasteiger partial charge on any atom is -0.497 e. The zero-order chi connectivity index (χ0) is 25.8. The van der Waals surface area contributed by atoms with Crippen molar-refractivity contribution in [3.63, 3.8) is 0 Å². The second kappa shape index (κ2) is 11.2. The molecule has 0 spiro atoms. The highest BCUT2D eigenvalue weighted by Gasteiger charge is 2.23. The number of ether oxygens (including phenoxy) is 1. The molecular weight excluding hydrogens is 509 g/mol. The molecule has 1 aromatic heterocycles. The Bertz CT molecular complexity index is 1340. The smallest absolute Gasteiger partial charge is 0.227 e. The van der Waals surface area contributed by atoms with Gasteiger partial charge in [-0.3, -0.25) is 4.79 Å². The van der Waals surface area contributed by atoms with Crippen LogP contribution in [0.3, 0.4) is 0 Å². The Balaban J connectivity index is 1.16. The molecule has 0 bridgehead atoms. The Labute approximate surface area is 226 Å². The predicted molar refractivity (Wildman–Crippen MR) is 147 cm³/mol. The van der Waals surface area contributed by atoms with Crippen molar-refractivity contribution in [3.05, 3.63) is 94.2 Å². The molecule has 37 heavy (non-hydrogen) atoms. The SMILES string of the molecule is COc1ccc(Cn2cnc(-c3ccc(N4CCN(C(=O)Cc5c(Cl)cccc5Cl)CC4)cc3)n2)cc1. The van der Waals surface area contributed by atoms with Gasteiger partial charge in [-0.25, -0.2) is 9.67 Å². The molecule has 7 nitrogen and oxygen atoms in total. The molecule has 3 aromatic carbocycles. The highest BCUT2D eigenvalue weighted by Crippen LogP contribution is 2.26. The van der Waals surface area contributed by atoms with Crippen LogP contribution in [0.4, 0.5) is 5.69 Å². The fourth-order valence-corrected chi connectivity index (χ4v) is 4.95. The lowest BCUT2D eigenvalue weighted by Crippen LogP contribution is -2.49. The van der Waals surface area contributed by atoms with E-state index in [1.165, 1.54) is 0 Å². The van der Waals surface area contributed by atoms with Crippen LogP contribution in [0, 0.1) is 0 Å². The van der Waals surface area contributed by atoms with Crippen molar-refractivity contribution in [1.82, 2.24) is 19.7 Å². The number of carbonyl (C=O) groups is 1. The number of aromatic nitrogens is 3. The van der Waals surface area contributed by atoms with Crippen LogP contribution in [0.5, 0.6) is 5.75 Å². The zero-order valence-electron chi connectivity index (χ0n) is 20.5. The van der Waals surface area contributed by atoms with Gasteiger partial charge in [0.2, 0.25) is 5.91 Å². The number of rotatable bonds is 7. The number of amides is 1. The van der Waals surface area contributed by atoms with Crippen molar-refractivity contribution < 1.29 is 9.53 Å². The molecule has 0 aliphatic carbocycles. The van der Waals surface area contributed by atoms with Gasteiger partial charge in [0.25, 0.3) is 0 Å². The Morgan fingerprint density at radius 3 is 2.24 bits per heavy atom. The maximum absolute atomic E-state index is 12.8. The van der Waals surface area contributed by atoms with E-state index in [2.05, 4.69) is 27.1 Å². The molecule has 1 amide bonds. The molecule has 1 saturated heterocycles. The fraction of sp³-hybridized carbons (Fsp3) is 0.250.